The van der Waals surface area contributed by atoms with Crippen LogP contribution in [0.2, 0.25) is 5.02 Å². The van der Waals surface area contributed by atoms with Crippen LogP contribution in [0.15, 0.2) is 48.5 Å². The highest BCUT2D eigenvalue weighted by molar-refractivity contribution is 6.31. The Morgan fingerprint density at radius 2 is 1.76 bits per heavy atom. The average Bonchev–Trinajstić information content (AvgIpc) is 2.64. The molecule has 0 heterocycles. The van der Waals surface area contributed by atoms with Gasteiger partial charge in [-0.25, -0.2) is 0 Å². The molecule has 1 fully saturated rings. The van der Waals surface area contributed by atoms with Crippen LogP contribution in [-0.4, -0.2) is 12.6 Å². The lowest BCUT2D eigenvalue weighted by molar-refractivity contribution is 0.102. The Kier molecular flexibility index (Phi) is 8.08. The molecule has 0 aromatic heterocycles. The van der Waals surface area contributed by atoms with Gasteiger partial charge in [-0.15, -0.1) is 12.4 Å². The predicted octanol–water partition coefficient (Wildman–Crippen LogP) is 6.11. The maximum absolute atomic E-state index is 6.50. The van der Waals surface area contributed by atoms with Crippen molar-refractivity contribution in [2.75, 3.05) is 6.54 Å². The summed E-state index contributed by atoms with van der Waals surface area (Å²) in [6.45, 7) is 0.662. The van der Waals surface area contributed by atoms with Crippen molar-refractivity contribution in [2.24, 2.45) is 11.7 Å². The molecule has 0 amide bonds. The lowest BCUT2D eigenvalue weighted by Gasteiger charge is -2.31. The number of rotatable bonds is 6. The number of halogens is 2. The third-order valence-corrected chi connectivity index (χ3v) is 5.17. The molecule has 3 rings (SSSR count). The molecule has 25 heavy (non-hydrogen) atoms. The molecule has 136 valence electrons. The fourth-order valence-electron chi connectivity index (χ4n) is 3.67. The zero-order chi connectivity index (χ0) is 16.8. The molecule has 1 aliphatic rings. The molecule has 0 radical (unpaired) electrons. The van der Waals surface area contributed by atoms with Gasteiger partial charge in [-0.2, -0.15) is 0 Å². The highest BCUT2D eigenvalue weighted by atomic mass is 35.5. The minimum absolute atomic E-state index is 0. The van der Waals surface area contributed by atoms with Gasteiger partial charge in [0, 0.05) is 10.6 Å². The molecule has 1 atom stereocenters. The van der Waals surface area contributed by atoms with Crippen molar-refractivity contribution < 1.29 is 4.74 Å². The minimum Gasteiger partial charge on any atom is -0.489 e. The number of hydrogen-bond acceptors (Lipinski definition) is 2. The zero-order valence-electron chi connectivity index (χ0n) is 14.5. The Bertz CT molecular complexity index is 642. The third-order valence-electron chi connectivity index (χ3n) is 4.93. The maximum atomic E-state index is 6.50. The Morgan fingerprint density at radius 3 is 2.44 bits per heavy atom. The van der Waals surface area contributed by atoms with Gasteiger partial charge in [0.1, 0.15) is 11.9 Å². The first kappa shape index (κ1) is 20.1. The van der Waals surface area contributed by atoms with Crippen molar-refractivity contribution in [1.29, 1.82) is 0 Å². The van der Waals surface area contributed by atoms with Gasteiger partial charge in [-0.3, -0.25) is 0 Å². The van der Waals surface area contributed by atoms with Gasteiger partial charge in [-0.1, -0.05) is 61.2 Å². The smallest absolute Gasteiger partial charge is 0.127 e. The van der Waals surface area contributed by atoms with E-state index in [1.54, 1.807) is 0 Å². The highest BCUT2D eigenvalue weighted by Gasteiger charge is 2.25. The van der Waals surface area contributed by atoms with Crippen molar-refractivity contribution in [3.8, 4) is 16.9 Å². The van der Waals surface area contributed by atoms with Gasteiger partial charge < -0.3 is 10.5 Å². The van der Waals surface area contributed by atoms with E-state index in [0.29, 0.717) is 12.5 Å². The molecule has 2 aromatic rings. The Morgan fingerprint density at radius 1 is 1.04 bits per heavy atom. The lowest BCUT2D eigenvalue weighted by atomic mass is 9.84. The Balaban J connectivity index is 0.00000225. The normalized spacial score (nSPS) is 16.1. The average molecular weight is 380 g/mol. The van der Waals surface area contributed by atoms with Crippen LogP contribution in [0.4, 0.5) is 0 Å². The SMILES string of the molecule is Cl.NCCC(Oc1ccc(Cl)cc1-c1ccccc1)C1CCCCC1. The molecule has 1 saturated carbocycles. The first-order chi connectivity index (χ1) is 11.8. The summed E-state index contributed by atoms with van der Waals surface area (Å²) in [5, 5.41) is 0.731. The van der Waals surface area contributed by atoms with E-state index >= 15 is 0 Å². The molecule has 0 aliphatic heterocycles. The lowest BCUT2D eigenvalue weighted by Crippen LogP contribution is -2.31. The molecule has 2 nitrogen and oxygen atoms in total. The second-order valence-corrected chi connectivity index (χ2v) is 7.07. The van der Waals surface area contributed by atoms with Crippen LogP contribution >= 0.6 is 24.0 Å². The zero-order valence-corrected chi connectivity index (χ0v) is 16.1. The van der Waals surface area contributed by atoms with E-state index in [4.69, 9.17) is 22.1 Å². The maximum Gasteiger partial charge on any atom is 0.127 e. The second kappa shape index (κ2) is 10.1. The van der Waals surface area contributed by atoms with E-state index in [1.807, 2.05) is 36.4 Å². The van der Waals surface area contributed by atoms with Crippen LogP contribution < -0.4 is 10.5 Å². The van der Waals surface area contributed by atoms with Crippen molar-refractivity contribution in [2.45, 2.75) is 44.6 Å². The van der Waals surface area contributed by atoms with Crippen LogP contribution in [0.25, 0.3) is 11.1 Å². The van der Waals surface area contributed by atoms with E-state index in [0.717, 1.165) is 28.3 Å². The predicted molar refractivity (Wildman–Crippen MR) is 109 cm³/mol. The van der Waals surface area contributed by atoms with Crippen LogP contribution in [0.5, 0.6) is 5.75 Å². The largest absolute Gasteiger partial charge is 0.489 e. The molecule has 0 saturated heterocycles. The molecule has 1 aliphatic carbocycles. The highest BCUT2D eigenvalue weighted by Crippen LogP contribution is 2.36. The van der Waals surface area contributed by atoms with Crippen molar-refractivity contribution in [3.63, 3.8) is 0 Å². The quantitative estimate of drug-likeness (QED) is 0.657. The van der Waals surface area contributed by atoms with E-state index in [1.165, 1.54) is 32.1 Å². The molecular formula is C21H27Cl2NO. The minimum atomic E-state index is 0. The van der Waals surface area contributed by atoms with Gasteiger partial charge in [0.2, 0.25) is 0 Å². The van der Waals surface area contributed by atoms with Gasteiger partial charge >= 0.3 is 0 Å². The first-order valence-corrected chi connectivity index (χ1v) is 9.37. The summed E-state index contributed by atoms with van der Waals surface area (Å²) in [5.41, 5.74) is 8.05. The summed E-state index contributed by atoms with van der Waals surface area (Å²) in [5.74, 6) is 1.52. The van der Waals surface area contributed by atoms with E-state index in [9.17, 15) is 0 Å². The third kappa shape index (κ3) is 5.37. The summed E-state index contributed by atoms with van der Waals surface area (Å²) in [4.78, 5) is 0. The molecule has 2 N–H and O–H groups in total. The summed E-state index contributed by atoms with van der Waals surface area (Å²) in [6, 6.07) is 16.2. The summed E-state index contributed by atoms with van der Waals surface area (Å²) in [6.07, 6.45) is 7.56. The van der Waals surface area contributed by atoms with Gasteiger partial charge in [-0.05, 0) is 55.5 Å². The molecular weight excluding hydrogens is 353 g/mol. The summed E-state index contributed by atoms with van der Waals surface area (Å²) in [7, 11) is 0. The van der Waals surface area contributed by atoms with Crippen LogP contribution in [-0.2, 0) is 0 Å². The Hall–Kier alpha value is -1.22. The van der Waals surface area contributed by atoms with Gasteiger partial charge in [0.05, 0.1) is 0 Å². The second-order valence-electron chi connectivity index (χ2n) is 6.64. The number of ether oxygens (including phenoxy) is 1. The van der Waals surface area contributed by atoms with E-state index < -0.39 is 0 Å². The summed E-state index contributed by atoms with van der Waals surface area (Å²) < 4.78 is 6.50. The van der Waals surface area contributed by atoms with Crippen molar-refractivity contribution >= 4 is 24.0 Å². The molecule has 0 bridgehead atoms. The summed E-state index contributed by atoms with van der Waals surface area (Å²) >= 11 is 6.24. The molecule has 4 heteroatoms. The molecule has 2 aromatic carbocycles. The topological polar surface area (TPSA) is 35.2 Å². The van der Waals surface area contributed by atoms with Gasteiger partial charge in [0.25, 0.3) is 0 Å². The molecule has 1 unspecified atom stereocenters. The van der Waals surface area contributed by atoms with Crippen molar-refractivity contribution in [1.82, 2.24) is 0 Å². The van der Waals surface area contributed by atoms with Crippen LogP contribution in [0, 0.1) is 5.92 Å². The molecule has 0 spiro atoms. The number of nitrogens with two attached hydrogens (primary N) is 1. The van der Waals surface area contributed by atoms with Gasteiger partial charge in [0.15, 0.2) is 0 Å². The standard InChI is InChI=1S/C21H26ClNO.ClH/c22-18-11-12-21(19(15-18)16-7-3-1-4-8-16)24-20(13-14-23)17-9-5-2-6-10-17;/h1,3-4,7-8,11-12,15,17,20H,2,5-6,9-10,13-14,23H2;1H. The number of benzene rings is 2. The van der Waals surface area contributed by atoms with E-state index in [-0.39, 0.29) is 18.5 Å². The van der Waals surface area contributed by atoms with Crippen molar-refractivity contribution in [3.05, 3.63) is 53.6 Å². The monoisotopic (exact) mass is 379 g/mol. The Labute approximate surface area is 162 Å². The van der Waals surface area contributed by atoms with E-state index in [2.05, 4.69) is 12.1 Å². The van der Waals surface area contributed by atoms with Crippen LogP contribution in [0.1, 0.15) is 38.5 Å². The fraction of sp³-hybridized carbons (Fsp3) is 0.429. The fourth-order valence-corrected chi connectivity index (χ4v) is 3.84. The first-order valence-electron chi connectivity index (χ1n) is 8.99. The number of hydrogen-bond donors (Lipinski definition) is 1. The van der Waals surface area contributed by atoms with Crippen LogP contribution in [0.3, 0.4) is 0 Å².